The second kappa shape index (κ2) is 14.6. The van der Waals surface area contributed by atoms with Crippen molar-refractivity contribution in [1.29, 1.82) is 0 Å². The summed E-state index contributed by atoms with van der Waals surface area (Å²) in [4.78, 5) is 38.8. The van der Waals surface area contributed by atoms with Gasteiger partial charge < -0.3 is 24.4 Å². The van der Waals surface area contributed by atoms with E-state index in [2.05, 4.69) is 15.3 Å². The van der Waals surface area contributed by atoms with Crippen LogP contribution in [0.5, 0.6) is 17.2 Å². The fraction of sp³-hybridized carbons (Fsp3) is 0.273. The number of carbonyl (C=O) groups excluding carboxylic acids is 2. The summed E-state index contributed by atoms with van der Waals surface area (Å²) in [6, 6.07) is 21.1. The van der Waals surface area contributed by atoms with Gasteiger partial charge in [0.15, 0.2) is 5.16 Å². The van der Waals surface area contributed by atoms with Crippen molar-refractivity contribution in [3.63, 3.8) is 0 Å². The zero-order chi connectivity index (χ0) is 30.9. The van der Waals surface area contributed by atoms with Gasteiger partial charge in [0.2, 0.25) is 5.91 Å². The molecular weight excluding hydrogens is 564 g/mol. The lowest BCUT2D eigenvalue weighted by Crippen LogP contribution is -2.42. The van der Waals surface area contributed by atoms with E-state index in [0.717, 1.165) is 22.5 Å². The second-order valence-corrected chi connectivity index (χ2v) is 10.9. The maximum absolute atomic E-state index is 14.2. The van der Waals surface area contributed by atoms with Gasteiger partial charge in [-0.05, 0) is 62.2 Å². The molecule has 0 saturated heterocycles. The number of hydrogen-bond donors (Lipinski definition) is 1. The van der Waals surface area contributed by atoms with E-state index in [-0.39, 0.29) is 24.1 Å². The minimum absolute atomic E-state index is 0.0422. The van der Waals surface area contributed by atoms with E-state index in [4.69, 9.17) is 14.2 Å². The molecule has 1 unspecified atom stereocenters. The average molecular weight is 601 g/mol. The monoisotopic (exact) mass is 600 g/mol. The highest BCUT2D eigenvalue weighted by Crippen LogP contribution is 2.32. The van der Waals surface area contributed by atoms with Gasteiger partial charge in [0, 0.05) is 24.0 Å². The molecule has 10 heteroatoms. The third kappa shape index (κ3) is 8.26. The number of nitrogens with one attached hydrogen (secondary N) is 1. The number of methoxy groups -OCH3 is 3. The normalized spacial score (nSPS) is 11.4. The van der Waals surface area contributed by atoms with Gasteiger partial charge in [-0.15, -0.1) is 0 Å². The van der Waals surface area contributed by atoms with Crippen molar-refractivity contribution in [3.8, 4) is 17.2 Å². The number of rotatable bonds is 12. The smallest absolute Gasteiger partial charge is 0.251 e. The Morgan fingerprint density at radius 3 is 2.05 bits per heavy atom. The van der Waals surface area contributed by atoms with Crippen LogP contribution >= 0.6 is 11.8 Å². The number of benzene rings is 3. The van der Waals surface area contributed by atoms with E-state index in [1.807, 2.05) is 75.4 Å². The van der Waals surface area contributed by atoms with E-state index in [1.165, 1.54) is 18.9 Å². The largest absolute Gasteiger partial charge is 0.497 e. The summed E-state index contributed by atoms with van der Waals surface area (Å²) in [6.45, 7) is 5.94. The molecule has 1 atom stereocenters. The molecule has 0 fully saturated rings. The van der Waals surface area contributed by atoms with Crippen LogP contribution in [0.25, 0.3) is 0 Å². The number of aromatic nitrogens is 2. The molecule has 3 aromatic carbocycles. The predicted molar refractivity (Wildman–Crippen MR) is 168 cm³/mol. The van der Waals surface area contributed by atoms with E-state index in [1.54, 1.807) is 37.3 Å². The first-order valence-corrected chi connectivity index (χ1v) is 14.7. The highest BCUT2D eigenvalue weighted by molar-refractivity contribution is 7.99. The van der Waals surface area contributed by atoms with Gasteiger partial charge in [-0.25, -0.2) is 9.97 Å². The lowest BCUT2D eigenvalue weighted by molar-refractivity contribution is -0.137. The summed E-state index contributed by atoms with van der Waals surface area (Å²) in [6.07, 6.45) is 0. The van der Waals surface area contributed by atoms with Gasteiger partial charge in [-0.3, -0.25) is 9.59 Å². The Hall–Kier alpha value is -4.57. The molecule has 1 aromatic heterocycles. The molecule has 0 bridgehead atoms. The van der Waals surface area contributed by atoms with Crippen molar-refractivity contribution < 1.29 is 23.8 Å². The summed E-state index contributed by atoms with van der Waals surface area (Å²) < 4.78 is 16.1. The topological polar surface area (TPSA) is 103 Å². The first kappa shape index (κ1) is 31.4. The Labute approximate surface area is 256 Å². The molecule has 4 aromatic rings. The number of thioether (sulfide) groups is 1. The van der Waals surface area contributed by atoms with Crippen LogP contribution in [0.3, 0.4) is 0 Å². The maximum Gasteiger partial charge on any atom is 0.251 e. The molecular formula is C33H36N4O5S. The van der Waals surface area contributed by atoms with Crippen LogP contribution in [0.2, 0.25) is 0 Å². The number of carbonyl (C=O) groups is 2. The molecule has 1 N–H and O–H groups in total. The quantitative estimate of drug-likeness (QED) is 0.158. The number of amides is 2. The van der Waals surface area contributed by atoms with Gasteiger partial charge in [0.25, 0.3) is 5.91 Å². The van der Waals surface area contributed by atoms with Gasteiger partial charge in [-0.1, -0.05) is 53.7 Å². The van der Waals surface area contributed by atoms with E-state index >= 15 is 0 Å². The lowest BCUT2D eigenvalue weighted by Gasteiger charge is -2.32. The van der Waals surface area contributed by atoms with Crippen LogP contribution in [0.4, 0.5) is 5.69 Å². The molecule has 43 heavy (non-hydrogen) atoms. The summed E-state index contributed by atoms with van der Waals surface area (Å²) in [7, 11) is 4.68. The fourth-order valence-electron chi connectivity index (χ4n) is 4.54. The van der Waals surface area contributed by atoms with E-state index < -0.39 is 6.04 Å². The Kier molecular flexibility index (Phi) is 10.6. The first-order valence-electron chi connectivity index (χ1n) is 13.7. The maximum atomic E-state index is 14.2. The molecule has 0 saturated carbocycles. The average Bonchev–Trinajstić information content (AvgIpc) is 3.00. The highest BCUT2D eigenvalue weighted by atomic mass is 32.2. The van der Waals surface area contributed by atoms with Gasteiger partial charge in [-0.2, -0.15) is 0 Å². The summed E-state index contributed by atoms with van der Waals surface area (Å²) in [5, 5.41) is 3.50. The van der Waals surface area contributed by atoms with Gasteiger partial charge >= 0.3 is 0 Å². The summed E-state index contributed by atoms with van der Waals surface area (Å²) >= 11 is 1.24. The SMILES string of the molecule is COc1ccc(CN(C(=O)CSc2nc(C)cc(C)n2)C(C(=O)Nc2ccc(OC)cc2OC)c2ccc(C)cc2)cc1. The molecule has 2 amide bonds. The fourth-order valence-corrected chi connectivity index (χ4v) is 5.38. The summed E-state index contributed by atoms with van der Waals surface area (Å²) in [5.74, 6) is 1.13. The van der Waals surface area contributed by atoms with Crippen molar-refractivity contribution in [3.05, 3.63) is 101 Å². The zero-order valence-electron chi connectivity index (χ0n) is 25.2. The molecule has 9 nitrogen and oxygen atoms in total. The standard InChI is InChI=1S/C33H36N4O5S/c1-21-7-11-25(12-8-21)31(32(39)36-28-16-15-27(41-5)18-29(28)42-6)37(19-24-9-13-26(40-4)14-10-24)30(38)20-43-33-34-22(2)17-23(3)35-33/h7-18,31H,19-20H2,1-6H3,(H,36,39). The van der Waals surface area contributed by atoms with Crippen molar-refractivity contribution in [2.45, 2.75) is 38.5 Å². The molecule has 0 aliphatic heterocycles. The van der Waals surface area contributed by atoms with Crippen LogP contribution in [0.1, 0.15) is 34.1 Å². The van der Waals surface area contributed by atoms with E-state index in [0.29, 0.717) is 33.7 Å². The van der Waals surface area contributed by atoms with Crippen molar-refractivity contribution in [2.24, 2.45) is 0 Å². The third-order valence-electron chi connectivity index (χ3n) is 6.74. The first-order chi connectivity index (χ1) is 20.7. The molecule has 0 aliphatic rings. The summed E-state index contributed by atoms with van der Waals surface area (Å²) in [5.41, 5.74) is 4.65. The minimum atomic E-state index is -0.956. The Balaban J connectivity index is 1.73. The molecule has 4 rings (SSSR count). The van der Waals surface area contributed by atoms with Crippen LogP contribution in [-0.2, 0) is 16.1 Å². The Morgan fingerprint density at radius 2 is 1.44 bits per heavy atom. The Morgan fingerprint density at radius 1 is 0.814 bits per heavy atom. The lowest BCUT2D eigenvalue weighted by atomic mass is 10.0. The highest BCUT2D eigenvalue weighted by Gasteiger charge is 2.32. The molecule has 1 heterocycles. The number of aryl methyl sites for hydroxylation is 3. The Bertz CT molecular complexity index is 1540. The number of hydrogen-bond acceptors (Lipinski definition) is 8. The molecule has 0 aliphatic carbocycles. The van der Waals surface area contributed by atoms with Crippen molar-refractivity contribution in [1.82, 2.24) is 14.9 Å². The molecule has 0 spiro atoms. The number of ether oxygens (including phenoxy) is 3. The van der Waals surface area contributed by atoms with Gasteiger partial charge in [0.05, 0.1) is 32.8 Å². The molecule has 0 radical (unpaired) electrons. The second-order valence-electron chi connectivity index (χ2n) is 9.96. The molecule has 224 valence electrons. The third-order valence-corrected chi connectivity index (χ3v) is 7.57. The number of nitrogens with zero attached hydrogens (tertiary/aromatic N) is 3. The number of anilines is 1. The van der Waals surface area contributed by atoms with Crippen LogP contribution < -0.4 is 19.5 Å². The van der Waals surface area contributed by atoms with Crippen molar-refractivity contribution >= 4 is 29.3 Å². The zero-order valence-corrected chi connectivity index (χ0v) is 26.0. The van der Waals surface area contributed by atoms with Gasteiger partial charge in [0.1, 0.15) is 23.3 Å². The van der Waals surface area contributed by atoms with Crippen LogP contribution in [-0.4, -0.2) is 53.8 Å². The predicted octanol–water partition coefficient (Wildman–Crippen LogP) is 5.93. The van der Waals surface area contributed by atoms with Crippen molar-refractivity contribution in [2.75, 3.05) is 32.4 Å². The minimum Gasteiger partial charge on any atom is -0.497 e. The van der Waals surface area contributed by atoms with Crippen LogP contribution in [0.15, 0.2) is 78.0 Å². The van der Waals surface area contributed by atoms with E-state index in [9.17, 15) is 9.59 Å². The van der Waals surface area contributed by atoms with Crippen LogP contribution in [0, 0.1) is 20.8 Å².